The van der Waals surface area contributed by atoms with E-state index >= 15 is 0 Å². The first kappa shape index (κ1) is 13.6. The molecule has 0 amide bonds. The lowest BCUT2D eigenvalue weighted by molar-refractivity contribution is 0.178. The number of aliphatic hydroxyl groups excluding tert-OH is 1. The van der Waals surface area contributed by atoms with E-state index in [0.717, 1.165) is 11.1 Å². The second-order valence-electron chi connectivity index (χ2n) is 5.13. The fourth-order valence-corrected chi connectivity index (χ4v) is 2.07. The van der Waals surface area contributed by atoms with E-state index in [0.29, 0.717) is 18.2 Å². The maximum absolute atomic E-state index is 10.2. The molecule has 1 aromatic carbocycles. The third-order valence-corrected chi connectivity index (χ3v) is 3.26. The van der Waals surface area contributed by atoms with Crippen LogP contribution in [0.3, 0.4) is 0 Å². The van der Waals surface area contributed by atoms with Crippen LogP contribution in [0.4, 0.5) is 5.82 Å². The number of aromatic nitrogens is 1. The summed E-state index contributed by atoms with van der Waals surface area (Å²) in [4.78, 5) is 3.95. The Kier molecular flexibility index (Phi) is 4.17. The first-order valence-corrected chi connectivity index (χ1v) is 6.54. The van der Waals surface area contributed by atoms with Gasteiger partial charge in [0.2, 0.25) is 0 Å². The lowest BCUT2D eigenvalue weighted by atomic mass is 9.97. The van der Waals surface area contributed by atoms with Crippen LogP contribution in [0.25, 0.3) is 0 Å². The molecule has 0 aliphatic heterocycles. The van der Waals surface area contributed by atoms with Crippen LogP contribution in [-0.2, 0) is 6.42 Å². The normalized spacial score (nSPS) is 12.6. The number of rotatable bonds is 4. The molecule has 1 aromatic heterocycles. The summed E-state index contributed by atoms with van der Waals surface area (Å²) in [6.45, 7) is 4.32. The summed E-state index contributed by atoms with van der Waals surface area (Å²) in [7, 11) is 0. The van der Waals surface area contributed by atoms with Crippen molar-refractivity contribution >= 4 is 5.82 Å². The number of hydrogen-bond donors (Lipinski definition) is 2. The molecule has 0 radical (unpaired) electrons. The van der Waals surface area contributed by atoms with E-state index < -0.39 is 6.10 Å². The van der Waals surface area contributed by atoms with Crippen molar-refractivity contribution in [1.82, 2.24) is 4.98 Å². The summed E-state index contributed by atoms with van der Waals surface area (Å²) in [6.07, 6.45) is 1.70. The fourth-order valence-electron chi connectivity index (χ4n) is 2.07. The molecule has 3 heteroatoms. The number of benzene rings is 1. The zero-order valence-electron chi connectivity index (χ0n) is 11.4. The summed E-state index contributed by atoms with van der Waals surface area (Å²) in [5.41, 5.74) is 8.84. The number of nitrogens with zero attached hydrogens (tertiary/aromatic N) is 1. The number of anilines is 1. The average Bonchev–Trinajstić information content (AvgIpc) is 2.39. The molecule has 1 heterocycles. The molecule has 1 unspecified atom stereocenters. The summed E-state index contributed by atoms with van der Waals surface area (Å²) >= 11 is 0. The Labute approximate surface area is 114 Å². The van der Waals surface area contributed by atoms with Gasteiger partial charge in [-0.25, -0.2) is 4.98 Å². The molecule has 3 nitrogen and oxygen atoms in total. The molecule has 3 N–H and O–H groups in total. The van der Waals surface area contributed by atoms with Crippen molar-refractivity contribution in [3.63, 3.8) is 0 Å². The monoisotopic (exact) mass is 256 g/mol. The zero-order valence-corrected chi connectivity index (χ0v) is 11.4. The Hall–Kier alpha value is -1.87. The van der Waals surface area contributed by atoms with Gasteiger partial charge in [0.15, 0.2) is 0 Å². The first-order chi connectivity index (χ1) is 9.06. The van der Waals surface area contributed by atoms with E-state index in [2.05, 4.69) is 31.0 Å². The predicted octanol–water partition coefficient (Wildman–Crippen LogP) is 3.06. The molecular formula is C16H20N2O. The molecule has 0 aliphatic carbocycles. The Morgan fingerprint density at radius 2 is 1.74 bits per heavy atom. The molecule has 0 fully saturated rings. The Balaban J connectivity index is 2.09. The van der Waals surface area contributed by atoms with E-state index in [1.165, 1.54) is 5.56 Å². The minimum absolute atomic E-state index is 0.486. The van der Waals surface area contributed by atoms with Gasteiger partial charge in [-0.3, -0.25) is 0 Å². The molecule has 0 spiro atoms. The van der Waals surface area contributed by atoms with Gasteiger partial charge in [-0.1, -0.05) is 38.1 Å². The molecule has 1 atom stereocenters. The molecule has 0 saturated carbocycles. The number of hydrogen-bond acceptors (Lipinski definition) is 3. The topological polar surface area (TPSA) is 59.1 Å². The van der Waals surface area contributed by atoms with E-state index in [1.807, 2.05) is 18.2 Å². The van der Waals surface area contributed by atoms with Crippen LogP contribution in [0.1, 0.15) is 42.6 Å². The lowest BCUT2D eigenvalue weighted by Gasteiger charge is -2.13. The minimum atomic E-state index is -0.511. The van der Waals surface area contributed by atoms with Gasteiger partial charge in [-0.15, -0.1) is 0 Å². The van der Waals surface area contributed by atoms with Crippen molar-refractivity contribution in [3.05, 3.63) is 59.3 Å². The number of nitrogens with two attached hydrogens (primary N) is 1. The van der Waals surface area contributed by atoms with E-state index in [4.69, 9.17) is 5.73 Å². The molecule has 0 aliphatic rings. The molecule has 2 rings (SSSR count). The Morgan fingerprint density at radius 1 is 1.11 bits per heavy atom. The third kappa shape index (κ3) is 3.55. The zero-order chi connectivity index (χ0) is 13.8. The summed E-state index contributed by atoms with van der Waals surface area (Å²) in [5, 5.41) is 10.2. The third-order valence-electron chi connectivity index (χ3n) is 3.26. The van der Waals surface area contributed by atoms with Gasteiger partial charge in [-0.2, -0.15) is 0 Å². The highest BCUT2D eigenvalue weighted by molar-refractivity contribution is 5.33. The summed E-state index contributed by atoms with van der Waals surface area (Å²) in [6, 6.07) is 11.8. The van der Waals surface area contributed by atoms with Gasteiger partial charge in [0, 0.05) is 12.6 Å². The van der Waals surface area contributed by atoms with Crippen LogP contribution in [0.2, 0.25) is 0 Å². The Bertz CT molecular complexity index is 535. The average molecular weight is 256 g/mol. The SMILES string of the molecule is CC(C)c1ccc(C(O)Cc2ccnc(N)c2)cc1. The molecule has 2 aromatic rings. The number of aliphatic hydroxyl groups is 1. The van der Waals surface area contributed by atoms with Gasteiger partial charge >= 0.3 is 0 Å². The standard InChI is InChI=1S/C16H20N2O/c1-11(2)13-3-5-14(6-4-13)15(19)9-12-7-8-18-16(17)10-12/h3-8,10-11,15,19H,9H2,1-2H3,(H2,17,18). The second-order valence-corrected chi connectivity index (χ2v) is 5.13. The van der Waals surface area contributed by atoms with Crippen LogP contribution < -0.4 is 5.73 Å². The van der Waals surface area contributed by atoms with Crippen molar-refractivity contribution in [1.29, 1.82) is 0 Å². The largest absolute Gasteiger partial charge is 0.388 e. The van der Waals surface area contributed by atoms with Crippen LogP contribution in [0, 0.1) is 0 Å². The van der Waals surface area contributed by atoms with Crippen LogP contribution in [-0.4, -0.2) is 10.1 Å². The fraction of sp³-hybridized carbons (Fsp3) is 0.312. The van der Waals surface area contributed by atoms with Gasteiger partial charge in [-0.05, 0) is 34.7 Å². The maximum atomic E-state index is 10.2. The molecule has 0 saturated heterocycles. The van der Waals surface area contributed by atoms with Crippen LogP contribution in [0.15, 0.2) is 42.6 Å². The van der Waals surface area contributed by atoms with Crippen molar-refractivity contribution in [2.75, 3.05) is 5.73 Å². The maximum Gasteiger partial charge on any atom is 0.123 e. The van der Waals surface area contributed by atoms with E-state index in [9.17, 15) is 5.11 Å². The van der Waals surface area contributed by atoms with E-state index in [1.54, 1.807) is 12.3 Å². The predicted molar refractivity (Wildman–Crippen MR) is 77.8 cm³/mol. The van der Waals surface area contributed by atoms with Gasteiger partial charge in [0.1, 0.15) is 5.82 Å². The molecular weight excluding hydrogens is 236 g/mol. The van der Waals surface area contributed by atoms with E-state index in [-0.39, 0.29) is 0 Å². The summed E-state index contributed by atoms with van der Waals surface area (Å²) < 4.78 is 0. The first-order valence-electron chi connectivity index (χ1n) is 6.54. The lowest BCUT2D eigenvalue weighted by Crippen LogP contribution is -2.03. The highest BCUT2D eigenvalue weighted by Gasteiger charge is 2.09. The highest BCUT2D eigenvalue weighted by Crippen LogP contribution is 2.21. The Morgan fingerprint density at radius 3 is 2.32 bits per heavy atom. The molecule has 0 bridgehead atoms. The van der Waals surface area contributed by atoms with Gasteiger partial charge in [0.25, 0.3) is 0 Å². The van der Waals surface area contributed by atoms with Crippen LogP contribution in [0.5, 0.6) is 0 Å². The van der Waals surface area contributed by atoms with Crippen molar-refractivity contribution in [2.45, 2.75) is 32.3 Å². The smallest absolute Gasteiger partial charge is 0.123 e. The van der Waals surface area contributed by atoms with Crippen molar-refractivity contribution in [3.8, 4) is 0 Å². The van der Waals surface area contributed by atoms with Gasteiger partial charge in [0.05, 0.1) is 6.10 Å². The second kappa shape index (κ2) is 5.85. The van der Waals surface area contributed by atoms with Crippen molar-refractivity contribution in [2.24, 2.45) is 0 Å². The molecule has 19 heavy (non-hydrogen) atoms. The minimum Gasteiger partial charge on any atom is -0.388 e. The number of nitrogen functional groups attached to an aromatic ring is 1. The highest BCUT2D eigenvalue weighted by atomic mass is 16.3. The summed E-state index contributed by atoms with van der Waals surface area (Å²) in [5.74, 6) is 0.992. The molecule has 100 valence electrons. The number of pyridine rings is 1. The van der Waals surface area contributed by atoms with Crippen molar-refractivity contribution < 1.29 is 5.11 Å². The van der Waals surface area contributed by atoms with Crippen LogP contribution >= 0.6 is 0 Å². The van der Waals surface area contributed by atoms with Gasteiger partial charge < -0.3 is 10.8 Å². The quantitative estimate of drug-likeness (QED) is 0.883.